The lowest BCUT2D eigenvalue weighted by atomic mass is 9.85. The molecule has 2 nitrogen and oxygen atoms in total. The van der Waals surface area contributed by atoms with Crippen molar-refractivity contribution >= 4 is 103 Å². The zero-order valence-electron chi connectivity index (χ0n) is 34.1. The van der Waals surface area contributed by atoms with Gasteiger partial charge in [0.25, 0.3) is 0 Å². The number of hydrogen-bond acceptors (Lipinski definition) is 3. The van der Waals surface area contributed by atoms with Crippen LogP contribution in [0.4, 0.5) is 17.1 Å². The molecule has 2 aromatic heterocycles. The third-order valence-corrected chi connectivity index (χ3v) is 14.0. The summed E-state index contributed by atoms with van der Waals surface area (Å²) in [5, 5.41) is 12.1. The van der Waals surface area contributed by atoms with Crippen molar-refractivity contribution in [1.82, 2.24) is 0 Å². The Morgan fingerprint density at radius 3 is 1.59 bits per heavy atom. The topological polar surface area (TPSA) is 16.4 Å². The Balaban J connectivity index is 0.999. The van der Waals surface area contributed by atoms with E-state index < -0.39 is 0 Å². The summed E-state index contributed by atoms with van der Waals surface area (Å²) in [5.74, 6) is 0. The van der Waals surface area contributed by atoms with E-state index in [-0.39, 0.29) is 0 Å². The second-order valence-corrected chi connectivity index (χ2v) is 17.4. The van der Waals surface area contributed by atoms with E-state index in [2.05, 4.69) is 229 Å². The summed E-state index contributed by atoms with van der Waals surface area (Å²) in [7, 11) is 0. The SMILES string of the molecule is c1ccc(-c2c(-c3ccc(N(c4ccc(-c5ccc6c(c5)sc5ccccc56)cc4)c4cccc5oc6c7ccccc7ccc6c45)cc3)c3ccccc3c3ccccc23)cc1. The van der Waals surface area contributed by atoms with Gasteiger partial charge in [0.05, 0.1) is 11.1 Å². The highest BCUT2D eigenvalue weighted by atomic mass is 32.1. The van der Waals surface area contributed by atoms with Crippen molar-refractivity contribution in [1.29, 1.82) is 0 Å². The third-order valence-electron chi connectivity index (χ3n) is 12.9. The summed E-state index contributed by atoms with van der Waals surface area (Å²) >= 11 is 1.86. The summed E-state index contributed by atoms with van der Waals surface area (Å²) in [6, 6.07) is 81.7. The average molecular weight is 820 g/mol. The Morgan fingerprint density at radius 1 is 0.333 bits per heavy atom. The number of rotatable bonds is 6. The highest BCUT2D eigenvalue weighted by Crippen LogP contribution is 2.48. The second-order valence-electron chi connectivity index (χ2n) is 16.4. The molecule has 0 unspecified atom stereocenters. The molecule has 0 N–H and O–H groups in total. The van der Waals surface area contributed by atoms with Gasteiger partial charge in [-0.3, -0.25) is 0 Å². The van der Waals surface area contributed by atoms with Crippen molar-refractivity contribution in [3.8, 4) is 33.4 Å². The maximum Gasteiger partial charge on any atom is 0.143 e. The molecule has 3 heteroatoms. The van der Waals surface area contributed by atoms with Crippen LogP contribution in [-0.4, -0.2) is 0 Å². The van der Waals surface area contributed by atoms with Gasteiger partial charge in [-0.25, -0.2) is 0 Å². The summed E-state index contributed by atoms with van der Waals surface area (Å²) in [6.45, 7) is 0. The average Bonchev–Trinajstić information content (AvgIpc) is 3.93. The molecule has 0 fully saturated rings. The van der Waals surface area contributed by atoms with Crippen molar-refractivity contribution in [2.45, 2.75) is 0 Å². The minimum atomic E-state index is 0.865. The van der Waals surface area contributed by atoms with Crippen LogP contribution in [0.5, 0.6) is 0 Å². The molecule has 0 saturated carbocycles. The van der Waals surface area contributed by atoms with Crippen molar-refractivity contribution in [2.24, 2.45) is 0 Å². The summed E-state index contributed by atoms with van der Waals surface area (Å²) < 4.78 is 9.37. The number of fused-ring (bicyclic) bond motifs is 11. The molecule has 11 aromatic carbocycles. The fourth-order valence-electron chi connectivity index (χ4n) is 9.98. The van der Waals surface area contributed by atoms with Crippen LogP contribution in [-0.2, 0) is 0 Å². The molecular formula is C60H37NOS. The zero-order chi connectivity index (χ0) is 41.4. The lowest BCUT2D eigenvalue weighted by Gasteiger charge is -2.27. The van der Waals surface area contributed by atoms with Crippen LogP contribution in [0.3, 0.4) is 0 Å². The fourth-order valence-corrected chi connectivity index (χ4v) is 11.1. The zero-order valence-corrected chi connectivity index (χ0v) is 34.9. The summed E-state index contributed by atoms with van der Waals surface area (Å²) in [5.41, 5.74) is 12.2. The highest BCUT2D eigenvalue weighted by Gasteiger charge is 2.22. The van der Waals surface area contributed by atoms with E-state index >= 15 is 0 Å². The molecule has 0 atom stereocenters. The summed E-state index contributed by atoms with van der Waals surface area (Å²) in [6.07, 6.45) is 0. The molecular weight excluding hydrogens is 783 g/mol. The van der Waals surface area contributed by atoms with Gasteiger partial charge in [0.1, 0.15) is 11.2 Å². The van der Waals surface area contributed by atoms with Gasteiger partial charge < -0.3 is 9.32 Å². The van der Waals surface area contributed by atoms with Gasteiger partial charge in [0.15, 0.2) is 0 Å². The Kier molecular flexibility index (Phi) is 8.12. The van der Waals surface area contributed by atoms with Gasteiger partial charge in [0.2, 0.25) is 0 Å². The Morgan fingerprint density at radius 2 is 0.873 bits per heavy atom. The van der Waals surface area contributed by atoms with Gasteiger partial charge in [-0.1, -0.05) is 170 Å². The first-order valence-corrected chi connectivity index (χ1v) is 22.3. The molecule has 0 aliphatic carbocycles. The van der Waals surface area contributed by atoms with E-state index in [1.165, 1.54) is 80.5 Å². The number of thiophene rings is 1. The predicted molar refractivity (Wildman–Crippen MR) is 270 cm³/mol. The molecule has 294 valence electrons. The smallest absolute Gasteiger partial charge is 0.143 e. The lowest BCUT2D eigenvalue weighted by Crippen LogP contribution is -2.10. The van der Waals surface area contributed by atoms with E-state index in [4.69, 9.17) is 4.42 Å². The van der Waals surface area contributed by atoms with Crippen LogP contribution < -0.4 is 4.90 Å². The fraction of sp³-hybridized carbons (Fsp3) is 0. The highest BCUT2D eigenvalue weighted by molar-refractivity contribution is 7.25. The quantitative estimate of drug-likeness (QED) is 0.155. The molecule has 0 radical (unpaired) electrons. The number of furan rings is 1. The molecule has 13 aromatic rings. The molecule has 0 spiro atoms. The van der Waals surface area contributed by atoms with Crippen molar-refractivity contribution in [2.75, 3.05) is 4.90 Å². The maximum absolute atomic E-state index is 6.74. The largest absolute Gasteiger partial charge is 0.455 e. The monoisotopic (exact) mass is 819 g/mol. The molecule has 0 bridgehead atoms. The van der Waals surface area contributed by atoms with Gasteiger partial charge in [-0.2, -0.15) is 0 Å². The van der Waals surface area contributed by atoms with Gasteiger partial charge >= 0.3 is 0 Å². The van der Waals surface area contributed by atoms with E-state index in [9.17, 15) is 0 Å². The number of anilines is 3. The van der Waals surface area contributed by atoms with Crippen LogP contribution in [0.2, 0.25) is 0 Å². The van der Waals surface area contributed by atoms with Crippen LogP contribution in [0.25, 0.3) is 108 Å². The molecule has 0 aliphatic heterocycles. The van der Waals surface area contributed by atoms with E-state index in [1.54, 1.807) is 0 Å². The molecule has 2 heterocycles. The molecule has 0 saturated heterocycles. The van der Waals surface area contributed by atoms with E-state index in [0.29, 0.717) is 0 Å². The van der Waals surface area contributed by atoms with E-state index in [1.807, 2.05) is 11.3 Å². The van der Waals surface area contributed by atoms with Gasteiger partial charge in [-0.05, 0) is 115 Å². The van der Waals surface area contributed by atoms with Crippen molar-refractivity contribution in [3.63, 3.8) is 0 Å². The maximum atomic E-state index is 6.74. The number of nitrogens with zero attached hydrogens (tertiary/aromatic N) is 1. The van der Waals surface area contributed by atoms with Crippen LogP contribution in [0.1, 0.15) is 0 Å². The Bertz CT molecular complexity index is 3900. The Labute approximate surface area is 368 Å². The van der Waals surface area contributed by atoms with E-state index in [0.717, 1.165) is 44.4 Å². The van der Waals surface area contributed by atoms with Crippen molar-refractivity contribution < 1.29 is 4.42 Å². The van der Waals surface area contributed by atoms with Crippen LogP contribution in [0.15, 0.2) is 229 Å². The van der Waals surface area contributed by atoms with Crippen molar-refractivity contribution in [3.05, 3.63) is 224 Å². The third kappa shape index (κ3) is 5.71. The lowest BCUT2D eigenvalue weighted by molar-refractivity contribution is 0.672. The molecule has 0 amide bonds. The second kappa shape index (κ2) is 14.3. The Hall–Kier alpha value is -7.98. The number of benzene rings is 11. The minimum absolute atomic E-state index is 0.865. The minimum Gasteiger partial charge on any atom is -0.455 e. The standard InChI is InChI=1S/C60H37NOS/c1-2-14-40(15-3-1)57-50-20-8-6-17-46(50)47-18-7-9-21-51(47)58(57)41-27-33-44(34-28-41)61(53-22-12-23-54-59(53)52-36-29-39-13-4-5-16-45(39)60(52)62-54)43-31-25-38(26-32-43)42-30-35-49-48-19-10-11-24-55(48)63-56(49)37-42/h1-37H. The van der Waals surface area contributed by atoms with Gasteiger partial charge in [0, 0.05) is 42.3 Å². The number of hydrogen-bond donors (Lipinski definition) is 0. The predicted octanol–water partition coefficient (Wildman–Crippen LogP) is 17.9. The first-order valence-electron chi connectivity index (χ1n) is 21.5. The van der Waals surface area contributed by atoms with Gasteiger partial charge in [-0.15, -0.1) is 11.3 Å². The normalized spacial score (nSPS) is 11.8. The molecule has 63 heavy (non-hydrogen) atoms. The van der Waals surface area contributed by atoms with Crippen LogP contribution >= 0.6 is 11.3 Å². The summed E-state index contributed by atoms with van der Waals surface area (Å²) in [4.78, 5) is 2.39. The first-order chi connectivity index (χ1) is 31.2. The molecule has 0 aliphatic rings. The molecule has 13 rings (SSSR count). The first kappa shape index (κ1) is 35.7. The van der Waals surface area contributed by atoms with Crippen LogP contribution in [0, 0.1) is 0 Å².